The topological polar surface area (TPSA) is 29.5 Å². The van der Waals surface area contributed by atoms with Crippen LogP contribution in [0.15, 0.2) is 12.7 Å². The van der Waals surface area contributed by atoms with Gasteiger partial charge in [-0.2, -0.15) is 0 Å². The zero-order valence-corrected chi connectivity index (χ0v) is 10.7. The van der Waals surface area contributed by atoms with Crippen molar-refractivity contribution in [3.8, 4) is 0 Å². The number of ether oxygens (including phenoxy) is 1. The molecule has 0 N–H and O–H groups in total. The molecule has 0 aliphatic carbocycles. The van der Waals surface area contributed by atoms with Crippen LogP contribution in [0.25, 0.3) is 0 Å². The van der Waals surface area contributed by atoms with Gasteiger partial charge in [0.2, 0.25) is 0 Å². The largest absolute Gasteiger partial charge is 0.461 e. The Morgan fingerprint density at radius 1 is 1.19 bits per heavy atom. The molecule has 0 aromatic carbocycles. The lowest BCUT2D eigenvalue weighted by Gasteiger charge is -2.21. The lowest BCUT2D eigenvalue weighted by Crippen LogP contribution is -2.30. The van der Waals surface area contributed by atoms with Gasteiger partial charge in [0.1, 0.15) is 6.61 Å². The Bertz CT molecular complexity index is 192. The van der Waals surface area contributed by atoms with Crippen molar-refractivity contribution >= 4 is 5.97 Å². The van der Waals surface area contributed by atoms with Crippen LogP contribution >= 0.6 is 0 Å². The van der Waals surface area contributed by atoms with Crippen LogP contribution in [0, 0.1) is 0 Å². The third-order valence-electron chi connectivity index (χ3n) is 2.44. The Hall–Kier alpha value is -0.830. The summed E-state index contributed by atoms with van der Waals surface area (Å²) in [5.74, 6) is -0.329. The van der Waals surface area contributed by atoms with Gasteiger partial charge in [-0.05, 0) is 25.9 Å². The van der Waals surface area contributed by atoms with Crippen molar-refractivity contribution in [3.63, 3.8) is 0 Å². The zero-order valence-electron chi connectivity index (χ0n) is 10.7. The van der Waals surface area contributed by atoms with Crippen molar-refractivity contribution < 1.29 is 9.53 Å². The van der Waals surface area contributed by atoms with Gasteiger partial charge in [-0.25, -0.2) is 4.79 Å². The maximum Gasteiger partial charge on any atom is 0.330 e. The fraction of sp³-hybridized carbons (Fsp3) is 0.769. The van der Waals surface area contributed by atoms with Gasteiger partial charge in [0.05, 0.1) is 0 Å². The summed E-state index contributed by atoms with van der Waals surface area (Å²) in [6.07, 6.45) is 6.09. The van der Waals surface area contributed by atoms with Gasteiger partial charge in [-0.3, -0.25) is 4.90 Å². The summed E-state index contributed by atoms with van der Waals surface area (Å²) >= 11 is 0. The Balaban J connectivity index is 3.66. The van der Waals surface area contributed by atoms with Crippen LogP contribution in [0.1, 0.15) is 39.5 Å². The van der Waals surface area contributed by atoms with E-state index in [0.717, 1.165) is 26.1 Å². The minimum absolute atomic E-state index is 0.329. The van der Waals surface area contributed by atoms with Crippen LogP contribution in [-0.2, 0) is 9.53 Å². The molecule has 0 amide bonds. The van der Waals surface area contributed by atoms with E-state index in [9.17, 15) is 4.79 Å². The molecule has 0 saturated carbocycles. The molecule has 0 atom stereocenters. The van der Waals surface area contributed by atoms with E-state index in [1.165, 1.54) is 25.3 Å². The predicted molar refractivity (Wildman–Crippen MR) is 67.4 cm³/mol. The predicted octanol–water partition coefficient (Wildman–Crippen LogP) is 2.62. The third-order valence-corrected chi connectivity index (χ3v) is 2.44. The van der Waals surface area contributed by atoms with Crippen LogP contribution in [0.3, 0.4) is 0 Å². The summed E-state index contributed by atoms with van der Waals surface area (Å²) in [7, 11) is 0. The number of carbonyl (C=O) groups is 1. The second-order valence-corrected chi connectivity index (χ2v) is 3.92. The number of carbonyl (C=O) groups excluding carboxylic acids is 1. The molecule has 0 unspecified atom stereocenters. The molecule has 0 aromatic rings. The minimum Gasteiger partial charge on any atom is -0.461 e. The first-order valence-corrected chi connectivity index (χ1v) is 6.26. The van der Waals surface area contributed by atoms with Gasteiger partial charge in [0.25, 0.3) is 0 Å². The number of nitrogens with zero attached hydrogens (tertiary/aromatic N) is 1. The fourth-order valence-electron chi connectivity index (χ4n) is 1.57. The molecule has 3 nitrogen and oxygen atoms in total. The summed E-state index contributed by atoms with van der Waals surface area (Å²) in [6.45, 7) is 11.2. The van der Waals surface area contributed by atoms with Gasteiger partial charge < -0.3 is 4.74 Å². The van der Waals surface area contributed by atoms with Gasteiger partial charge >= 0.3 is 5.97 Å². The molecular formula is C13H25NO2. The molecule has 0 heterocycles. The Morgan fingerprint density at radius 2 is 1.94 bits per heavy atom. The van der Waals surface area contributed by atoms with Crippen molar-refractivity contribution in [1.82, 2.24) is 4.90 Å². The third kappa shape index (κ3) is 8.48. The van der Waals surface area contributed by atoms with E-state index in [1.54, 1.807) is 0 Å². The van der Waals surface area contributed by atoms with E-state index in [0.29, 0.717) is 6.61 Å². The highest BCUT2D eigenvalue weighted by Gasteiger charge is 2.04. The second kappa shape index (κ2) is 10.7. The molecule has 0 fully saturated rings. The number of unbranched alkanes of at least 4 members (excludes halogenated alkanes) is 2. The van der Waals surface area contributed by atoms with E-state index < -0.39 is 0 Å². The van der Waals surface area contributed by atoms with Crippen LogP contribution < -0.4 is 0 Å². The van der Waals surface area contributed by atoms with Gasteiger partial charge in [0, 0.05) is 12.6 Å². The Kier molecular flexibility index (Phi) is 10.1. The molecule has 0 radical (unpaired) electrons. The number of hydrogen-bond acceptors (Lipinski definition) is 3. The zero-order chi connectivity index (χ0) is 12.2. The summed E-state index contributed by atoms with van der Waals surface area (Å²) in [6, 6.07) is 0. The average Bonchev–Trinajstić information content (AvgIpc) is 2.29. The van der Waals surface area contributed by atoms with Crippen LogP contribution in [-0.4, -0.2) is 37.1 Å². The van der Waals surface area contributed by atoms with E-state index in [-0.39, 0.29) is 5.97 Å². The van der Waals surface area contributed by atoms with Crippen LogP contribution in [0.4, 0.5) is 0 Å². The summed E-state index contributed by atoms with van der Waals surface area (Å²) in [5.41, 5.74) is 0. The molecule has 0 aliphatic heterocycles. The average molecular weight is 227 g/mol. The number of hydrogen-bond donors (Lipinski definition) is 0. The molecule has 3 heteroatoms. The quantitative estimate of drug-likeness (QED) is 0.326. The lowest BCUT2D eigenvalue weighted by molar-refractivity contribution is -0.138. The van der Waals surface area contributed by atoms with Crippen molar-refractivity contribution in [2.45, 2.75) is 39.5 Å². The smallest absolute Gasteiger partial charge is 0.330 e. The van der Waals surface area contributed by atoms with Crippen molar-refractivity contribution in [2.75, 3.05) is 26.2 Å². The highest BCUT2D eigenvalue weighted by molar-refractivity contribution is 5.81. The first-order chi connectivity index (χ1) is 7.74. The Morgan fingerprint density at radius 3 is 2.50 bits per heavy atom. The summed E-state index contributed by atoms with van der Waals surface area (Å²) in [5, 5.41) is 0. The number of esters is 1. The van der Waals surface area contributed by atoms with E-state index in [4.69, 9.17) is 4.74 Å². The SMILES string of the molecule is C=CC(=O)OCCN(CCC)CCCCC. The van der Waals surface area contributed by atoms with Crippen molar-refractivity contribution in [3.05, 3.63) is 12.7 Å². The van der Waals surface area contributed by atoms with E-state index in [1.807, 2.05) is 0 Å². The maximum absolute atomic E-state index is 10.9. The normalized spacial score (nSPS) is 10.4. The maximum atomic E-state index is 10.9. The van der Waals surface area contributed by atoms with E-state index in [2.05, 4.69) is 25.3 Å². The first-order valence-electron chi connectivity index (χ1n) is 6.26. The molecule has 94 valence electrons. The van der Waals surface area contributed by atoms with Gasteiger partial charge in [-0.15, -0.1) is 0 Å². The molecule has 0 saturated heterocycles. The molecule has 16 heavy (non-hydrogen) atoms. The van der Waals surface area contributed by atoms with Gasteiger partial charge in [0.15, 0.2) is 0 Å². The summed E-state index contributed by atoms with van der Waals surface area (Å²) < 4.78 is 4.98. The van der Waals surface area contributed by atoms with Crippen molar-refractivity contribution in [2.24, 2.45) is 0 Å². The lowest BCUT2D eigenvalue weighted by atomic mass is 10.2. The monoisotopic (exact) mass is 227 g/mol. The second-order valence-electron chi connectivity index (χ2n) is 3.92. The highest BCUT2D eigenvalue weighted by Crippen LogP contribution is 1.99. The van der Waals surface area contributed by atoms with Crippen LogP contribution in [0.5, 0.6) is 0 Å². The summed E-state index contributed by atoms with van der Waals surface area (Å²) in [4.78, 5) is 13.2. The molecule has 0 aromatic heterocycles. The van der Waals surface area contributed by atoms with Crippen molar-refractivity contribution in [1.29, 1.82) is 0 Å². The standard InChI is InChI=1S/C13H25NO2/c1-4-7-8-10-14(9-5-2)11-12-16-13(15)6-3/h6H,3-5,7-12H2,1-2H3. The molecule has 0 rings (SSSR count). The van der Waals surface area contributed by atoms with Crippen LogP contribution in [0.2, 0.25) is 0 Å². The molecule has 0 aliphatic rings. The highest BCUT2D eigenvalue weighted by atomic mass is 16.5. The molecular weight excluding hydrogens is 202 g/mol. The van der Waals surface area contributed by atoms with Gasteiger partial charge in [-0.1, -0.05) is 33.3 Å². The molecule has 0 spiro atoms. The number of rotatable bonds is 10. The van der Waals surface area contributed by atoms with E-state index >= 15 is 0 Å². The molecule has 0 bridgehead atoms. The minimum atomic E-state index is -0.329. The fourth-order valence-corrected chi connectivity index (χ4v) is 1.57. The Labute approximate surface area is 99.5 Å². The first kappa shape index (κ1) is 15.2.